The molecule has 1 atom stereocenters. The molecule has 13 heavy (non-hydrogen) atoms. The molecular formula is C8H9NO3S. The van der Waals surface area contributed by atoms with Gasteiger partial charge in [0.15, 0.2) is 0 Å². The SMILES string of the molecule is CC1NS(=O)(=O)Oc2ccccc21. The van der Waals surface area contributed by atoms with Crippen LogP contribution in [0.1, 0.15) is 18.5 Å². The summed E-state index contributed by atoms with van der Waals surface area (Å²) in [5.74, 6) is 0.411. The smallest absolute Gasteiger partial charge is 0.371 e. The van der Waals surface area contributed by atoms with Crippen LogP contribution in [0.25, 0.3) is 0 Å². The molecule has 2 rings (SSSR count). The molecule has 1 aliphatic heterocycles. The van der Waals surface area contributed by atoms with Gasteiger partial charge in [0.25, 0.3) is 0 Å². The van der Waals surface area contributed by atoms with Gasteiger partial charge >= 0.3 is 10.3 Å². The van der Waals surface area contributed by atoms with Crippen LogP contribution in [0.4, 0.5) is 0 Å². The summed E-state index contributed by atoms with van der Waals surface area (Å²) in [6, 6.07) is 6.84. The summed E-state index contributed by atoms with van der Waals surface area (Å²) >= 11 is 0. The van der Waals surface area contributed by atoms with E-state index in [0.717, 1.165) is 5.56 Å². The van der Waals surface area contributed by atoms with Gasteiger partial charge in [-0.05, 0) is 13.0 Å². The van der Waals surface area contributed by atoms with E-state index in [-0.39, 0.29) is 6.04 Å². The van der Waals surface area contributed by atoms with Gasteiger partial charge < -0.3 is 4.18 Å². The van der Waals surface area contributed by atoms with E-state index < -0.39 is 10.3 Å². The highest BCUT2D eigenvalue weighted by Gasteiger charge is 2.26. The van der Waals surface area contributed by atoms with Crippen molar-refractivity contribution in [2.24, 2.45) is 0 Å². The lowest BCUT2D eigenvalue weighted by Gasteiger charge is -2.22. The van der Waals surface area contributed by atoms with Gasteiger partial charge in [-0.3, -0.25) is 0 Å². The molecular weight excluding hydrogens is 190 g/mol. The van der Waals surface area contributed by atoms with Crippen molar-refractivity contribution in [3.05, 3.63) is 29.8 Å². The molecule has 0 aromatic heterocycles. The van der Waals surface area contributed by atoms with Gasteiger partial charge in [0.05, 0.1) is 6.04 Å². The molecule has 0 saturated carbocycles. The van der Waals surface area contributed by atoms with Gasteiger partial charge in [0.1, 0.15) is 5.75 Å². The van der Waals surface area contributed by atoms with Crippen LogP contribution < -0.4 is 8.91 Å². The van der Waals surface area contributed by atoms with Crippen LogP contribution in [0, 0.1) is 0 Å². The van der Waals surface area contributed by atoms with E-state index in [1.807, 2.05) is 12.1 Å². The number of benzene rings is 1. The fraction of sp³-hybridized carbons (Fsp3) is 0.250. The minimum atomic E-state index is -3.60. The Balaban J connectivity index is 2.55. The largest absolute Gasteiger partial charge is 0.383 e. The Bertz CT molecular complexity index is 427. The minimum absolute atomic E-state index is 0.227. The second kappa shape index (κ2) is 2.71. The highest BCUT2D eigenvalue weighted by atomic mass is 32.2. The lowest BCUT2D eigenvalue weighted by molar-refractivity contribution is 0.436. The van der Waals surface area contributed by atoms with Gasteiger partial charge in [-0.25, -0.2) is 0 Å². The van der Waals surface area contributed by atoms with Crippen molar-refractivity contribution in [1.29, 1.82) is 0 Å². The van der Waals surface area contributed by atoms with Crippen LogP contribution in [0.2, 0.25) is 0 Å². The lowest BCUT2D eigenvalue weighted by Crippen LogP contribution is -2.35. The predicted octanol–water partition coefficient (Wildman–Crippen LogP) is 0.974. The Labute approximate surface area is 76.8 Å². The van der Waals surface area contributed by atoms with Crippen molar-refractivity contribution in [2.45, 2.75) is 13.0 Å². The van der Waals surface area contributed by atoms with Crippen LogP contribution in [0.3, 0.4) is 0 Å². The summed E-state index contributed by atoms with van der Waals surface area (Å²) in [5, 5.41) is 0. The number of hydrogen-bond acceptors (Lipinski definition) is 3. The standard InChI is InChI=1S/C8H9NO3S/c1-6-7-4-2-3-5-8(7)12-13(10,11)9-6/h2-6,9H,1H3. The number of rotatable bonds is 0. The molecule has 1 aromatic carbocycles. The molecule has 5 heteroatoms. The van der Waals surface area contributed by atoms with Gasteiger partial charge in [-0.2, -0.15) is 13.1 Å². The molecule has 0 aliphatic carbocycles. The van der Waals surface area contributed by atoms with Crippen molar-refractivity contribution in [2.75, 3.05) is 0 Å². The van der Waals surface area contributed by atoms with E-state index in [9.17, 15) is 8.42 Å². The maximum absolute atomic E-state index is 11.1. The lowest BCUT2D eigenvalue weighted by atomic mass is 10.1. The van der Waals surface area contributed by atoms with Gasteiger partial charge in [-0.15, -0.1) is 0 Å². The first-order chi connectivity index (χ1) is 6.08. The minimum Gasteiger partial charge on any atom is -0.371 e. The maximum atomic E-state index is 11.1. The first kappa shape index (κ1) is 8.52. The Morgan fingerprint density at radius 1 is 1.38 bits per heavy atom. The molecule has 0 bridgehead atoms. The Kier molecular flexibility index (Phi) is 1.78. The molecule has 1 aliphatic rings. The molecule has 0 radical (unpaired) electrons. The van der Waals surface area contributed by atoms with Crippen molar-refractivity contribution < 1.29 is 12.6 Å². The zero-order valence-corrected chi connectivity index (χ0v) is 7.84. The maximum Gasteiger partial charge on any atom is 0.383 e. The fourth-order valence-electron chi connectivity index (χ4n) is 1.34. The molecule has 1 N–H and O–H groups in total. The highest BCUT2D eigenvalue weighted by Crippen LogP contribution is 2.29. The zero-order chi connectivity index (χ0) is 9.47. The summed E-state index contributed by atoms with van der Waals surface area (Å²) < 4.78 is 29.3. The second-order valence-corrected chi connectivity index (χ2v) is 4.23. The van der Waals surface area contributed by atoms with Crippen molar-refractivity contribution in [1.82, 2.24) is 4.72 Å². The monoisotopic (exact) mass is 199 g/mol. The number of fused-ring (bicyclic) bond motifs is 1. The fourth-order valence-corrected chi connectivity index (χ4v) is 2.33. The summed E-state index contributed by atoms with van der Waals surface area (Å²) in [5.41, 5.74) is 0.859. The average Bonchev–Trinajstić information content (AvgIpc) is 2.02. The summed E-state index contributed by atoms with van der Waals surface area (Å²) in [4.78, 5) is 0. The molecule has 1 aromatic rings. The summed E-state index contributed by atoms with van der Waals surface area (Å²) in [6.07, 6.45) is 0. The quantitative estimate of drug-likeness (QED) is 0.677. The van der Waals surface area contributed by atoms with E-state index >= 15 is 0 Å². The van der Waals surface area contributed by atoms with Gasteiger partial charge in [0.2, 0.25) is 0 Å². The molecule has 0 amide bonds. The van der Waals surface area contributed by atoms with E-state index in [1.54, 1.807) is 19.1 Å². The van der Waals surface area contributed by atoms with Gasteiger partial charge in [0, 0.05) is 5.56 Å². The predicted molar refractivity (Wildman–Crippen MR) is 47.5 cm³/mol. The Hall–Kier alpha value is -1.07. The second-order valence-electron chi connectivity index (χ2n) is 2.91. The third-order valence-electron chi connectivity index (χ3n) is 1.91. The normalized spacial score (nSPS) is 24.5. The van der Waals surface area contributed by atoms with E-state index in [0.29, 0.717) is 5.75 Å². The molecule has 0 saturated heterocycles. The average molecular weight is 199 g/mol. The molecule has 4 nitrogen and oxygen atoms in total. The van der Waals surface area contributed by atoms with Crippen LogP contribution in [-0.2, 0) is 10.3 Å². The Morgan fingerprint density at radius 3 is 2.85 bits per heavy atom. The van der Waals surface area contributed by atoms with Crippen LogP contribution in [0.5, 0.6) is 5.75 Å². The summed E-state index contributed by atoms with van der Waals surface area (Å²) in [6.45, 7) is 1.78. The highest BCUT2D eigenvalue weighted by molar-refractivity contribution is 7.85. The van der Waals surface area contributed by atoms with Crippen LogP contribution >= 0.6 is 0 Å². The third-order valence-corrected chi connectivity index (χ3v) is 2.95. The van der Waals surface area contributed by atoms with E-state index in [2.05, 4.69) is 4.72 Å². The van der Waals surface area contributed by atoms with Crippen molar-refractivity contribution in [3.63, 3.8) is 0 Å². The van der Waals surface area contributed by atoms with Crippen molar-refractivity contribution >= 4 is 10.3 Å². The molecule has 1 heterocycles. The third kappa shape index (κ3) is 1.52. The molecule has 0 spiro atoms. The van der Waals surface area contributed by atoms with Crippen LogP contribution in [0.15, 0.2) is 24.3 Å². The molecule has 0 fully saturated rings. The summed E-state index contributed by atoms with van der Waals surface area (Å²) in [7, 11) is -3.60. The Morgan fingerprint density at radius 2 is 2.08 bits per heavy atom. The topological polar surface area (TPSA) is 55.4 Å². The molecule has 1 unspecified atom stereocenters. The van der Waals surface area contributed by atoms with Gasteiger partial charge in [-0.1, -0.05) is 18.2 Å². The first-order valence-electron chi connectivity index (χ1n) is 3.89. The number of para-hydroxylation sites is 1. The van der Waals surface area contributed by atoms with Crippen molar-refractivity contribution in [3.8, 4) is 5.75 Å². The van der Waals surface area contributed by atoms with Crippen LogP contribution in [-0.4, -0.2) is 8.42 Å². The zero-order valence-electron chi connectivity index (χ0n) is 7.02. The number of nitrogens with one attached hydrogen (secondary N) is 1. The molecule has 70 valence electrons. The van der Waals surface area contributed by atoms with E-state index in [1.165, 1.54) is 0 Å². The number of hydrogen-bond donors (Lipinski definition) is 1. The van der Waals surface area contributed by atoms with E-state index in [4.69, 9.17) is 4.18 Å². The first-order valence-corrected chi connectivity index (χ1v) is 5.30.